The fraction of sp³-hybridized carbons (Fsp3) is 0.455. The van der Waals surface area contributed by atoms with Crippen LogP contribution < -0.4 is 16.4 Å². The van der Waals surface area contributed by atoms with Crippen molar-refractivity contribution in [2.24, 2.45) is 10.7 Å². The Morgan fingerprint density at radius 2 is 2.39 bits per heavy atom. The van der Waals surface area contributed by atoms with Gasteiger partial charge in [-0.15, -0.1) is 0 Å². The molecule has 18 heavy (non-hydrogen) atoms. The molecule has 7 nitrogen and oxygen atoms in total. The lowest BCUT2D eigenvalue weighted by atomic mass is 10.4. The highest BCUT2D eigenvalue weighted by atomic mass is 16.5. The van der Waals surface area contributed by atoms with E-state index in [2.05, 4.69) is 15.6 Å². The second-order valence-electron chi connectivity index (χ2n) is 3.48. The van der Waals surface area contributed by atoms with Crippen molar-refractivity contribution >= 4 is 11.9 Å². The molecule has 0 saturated heterocycles. The van der Waals surface area contributed by atoms with E-state index in [9.17, 15) is 4.79 Å². The summed E-state index contributed by atoms with van der Waals surface area (Å²) < 4.78 is 9.91. The predicted molar refractivity (Wildman–Crippen MR) is 66.9 cm³/mol. The minimum Gasteiger partial charge on any atom is -0.467 e. The van der Waals surface area contributed by atoms with Gasteiger partial charge in [0.2, 0.25) is 5.91 Å². The molecule has 1 amide bonds. The van der Waals surface area contributed by atoms with Crippen LogP contribution in [0.1, 0.15) is 5.76 Å². The van der Waals surface area contributed by atoms with Gasteiger partial charge in [-0.25, -0.2) is 4.99 Å². The maximum atomic E-state index is 11.4. The molecule has 0 spiro atoms. The molecule has 1 heterocycles. The molecule has 0 aromatic carbocycles. The Labute approximate surface area is 105 Å². The summed E-state index contributed by atoms with van der Waals surface area (Å²) in [5.41, 5.74) is 5.54. The van der Waals surface area contributed by atoms with Gasteiger partial charge >= 0.3 is 0 Å². The van der Waals surface area contributed by atoms with Crippen LogP contribution in [0.4, 0.5) is 0 Å². The predicted octanol–water partition coefficient (Wildman–Crippen LogP) is -0.553. The molecule has 0 unspecified atom stereocenters. The van der Waals surface area contributed by atoms with Crippen LogP contribution in [0.15, 0.2) is 27.8 Å². The number of nitrogens with one attached hydrogen (secondary N) is 2. The molecular formula is C11H18N4O3. The van der Waals surface area contributed by atoms with Crippen molar-refractivity contribution in [3.63, 3.8) is 0 Å². The van der Waals surface area contributed by atoms with Crippen LogP contribution >= 0.6 is 0 Å². The van der Waals surface area contributed by atoms with Gasteiger partial charge in [-0.2, -0.15) is 0 Å². The smallest absolute Gasteiger partial charge is 0.242 e. The number of carbonyl (C=O) groups excluding carboxylic acids is 1. The van der Waals surface area contributed by atoms with E-state index in [-0.39, 0.29) is 18.4 Å². The molecular weight excluding hydrogens is 236 g/mol. The zero-order chi connectivity index (χ0) is 13.2. The van der Waals surface area contributed by atoms with Gasteiger partial charge in [0, 0.05) is 13.7 Å². The first-order valence-electron chi connectivity index (χ1n) is 5.54. The van der Waals surface area contributed by atoms with Crippen LogP contribution in [0.2, 0.25) is 0 Å². The maximum absolute atomic E-state index is 11.4. The summed E-state index contributed by atoms with van der Waals surface area (Å²) >= 11 is 0. The number of guanidine groups is 1. The highest BCUT2D eigenvalue weighted by Gasteiger charge is 2.01. The average molecular weight is 254 g/mol. The normalized spacial score (nSPS) is 11.3. The third-order valence-electron chi connectivity index (χ3n) is 2.05. The fourth-order valence-corrected chi connectivity index (χ4v) is 1.15. The molecule has 0 aliphatic rings. The number of nitrogens with zero attached hydrogens (tertiary/aromatic N) is 1. The summed E-state index contributed by atoms with van der Waals surface area (Å²) in [6, 6.07) is 3.54. The molecule has 0 fully saturated rings. The SMILES string of the molecule is COCCNC(N)=NCC(=O)NCc1ccco1. The number of aliphatic imine (C=N–C) groups is 1. The summed E-state index contributed by atoms with van der Waals surface area (Å²) in [4.78, 5) is 15.3. The van der Waals surface area contributed by atoms with Crippen molar-refractivity contribution in [3.8, 4) is 0 Å². The number of amides is 1. The molecule has 1 rings (SSSR count). The van der Waals surface area contributed by atoms with Gasteiger partial charge in [0.1, 0.15) is 12.3 Å². The number of furan rings is 1. The van der Waals surface area contributed by atoms with Crippen molar-refractivity contribution in [2.75, 3.05) is 26.8 Å². The van der Waals surface area contributed by atoms with E-state index in [1.165, 1.54) is 0 Å². The largest absolute Gasteiger partial charge is 0.467 e. The summed E-state index contributed by atoms with van der Waals surface area (Å²) in [5, 5.41) is 5.47. The Bertz CT molecular complexity index is 376. The Balaban J connectivity index is 2.17. The average Bonchev–Trinajstić information content (AvgIpc) is 2.87. The van der Waals surface area contributed by atoms with E-state index in [0.717, 1.165) is 0 Å². The molecule has 0 aliphatic heterocycles. The van der Waals surface area contributed by atoms with Gasteiger partial charge in [0.25, 0.3) is 0 Å². The van der Waals surface area contributed by atoms with Crippen molar-refractivity contribution in [1.29, 1.82) is 0 Å². The van der Waals surface area contributed by atoms with E-state index in [0.29, 0.717) is 25.5 Å². The zero-order valence-electron chi connectivity index (χ0n) is 10.3. The molecule has 7 heteroatoms. The van der Waals surface area contributed by atoms with Crippen molar-refractivity contribution < 1.29 is 13.9 Å². The summed E-state index contributed by atoms with van der Waals surface area (Å²) in [5.74, 6) is 0.696. The van der Waals surface area contributed by atoms with Crippen LogP contribution in [0, 0.1) is 0 Å². The van der Waals surface area contributed by atoms with Crippen LogP contribution in [-0.4, -0.2) is 38.7 Å². The lowest BCUT2D eigenvalue weighted by molar-refractivity contribution is -0.119. The number of carbonyl (C=O) groups is 1. The Morgan fingerprint density at radius 3 is 3.06 bits per heavy atom. The number of ether oxygens (including phenoxy) is 1. The van der Waals surface area contributed by atoms with Gasteiger partial charge in [0.15, 0.2) is 5.96 Å². The van der Waals surface area contributed by atoms with E-state index in [4.69, 9.17) is 14.9 Å². The number of nitrogens with two attached hydrogens (primary N) is 1. The molecule has 0 saturated carbocycles. The number of rotatable bonds is 7. The third-order valence-corrected chi connectivity index (χ3v) is 2.05. The highest BCUT2D eigenvalue weighted by Crippen LogP contribution is 1.97. The molecule has 0 bridgehead atoms. The molecule has 4 N–H and O–H groups in total. The van der Waals surface area contributed by atoms with E-state index < -0.39 is 0 Å². The van der Waals surface area contributed by atoms with Crippen LogP contribution in [0.25, 0.3) is 0 Å². The topological polar surface area (TPSA) is 102 Å². The first-order chi connectivity index (χ1) is 8.72. The lowest BCUT2D eigenvalue weighted by Crippen LogP contribution is -2.35. The van der Waals surface area contributed by atoms with Gasteiger partial charge in [-0.3, -0.25) is 4.79 Å². The first-order valence-corrected chi connectivity index (χ1v) is 5.54. The second kappa shape index (κ2) is 8.13. The van der Waals surface area contributed by atoms with Gasteiger partial charge in [-0.1, -0.05) is 0 Å². The first kappa shape index (κ1) is 14.0. The number of methoxy groups -OCH3 is 1. The molecule has 0 radical (unpaired) electrons. The minimum absolute atomic E-state index is 0.0213. The minimum atomic E-state index is -0.220. The number of hydrogen-bond donors (Lipinski definition) is 3. The highest BCUT2D eigenvalue weighted by molar-refractivity contribution is 5.83. The van der Waals surface area contributed by atoms with Crippen molar-refractivity contribution in [3.05, 3.63) is 24.2 Å². The summed E-state index contributed by atoms with van der Waals surface area (Å²) in [6.07, 6.45) is 1.55. The van der Waals surface area contributed by atoms with Gasteiger partial charge in [0.05, 0.1) is 19.4 Å². The van der Waals surface area contributed by atoms with Crippen LogP contribution in [0.3, 0.4) is 0 Å². The third kappa shape index (κ3) is 5.90. The maximum Gasteiger partial charge on any atom is 0.242 e. The van der Waals surface area contributed by atoms with E-state index in [1.807, 2.05) is 0 Å². The molecule has 100 valence electrons. The summed E-state index contributed by atoms with van der Waals surface area (Å²) in [7, 11) is 1.59. The Kier molecular flexibility index (Phi) is 6.34. The number of hydrogen-bond acceptors (Lipinski definition) is 4. The zero-order valence-corrected chi connectivity index (χ0v) is 10.3. The summed E-state index contributed by atoms with van der Waals surface area (Å²) in [6.45, 7) is 1.41. The Morgan fingerprint density at radius 1 is 1.56 bits per heavy atom. The molecule has 1 aromatic heterocycles. The molecule has 1 aromatic rings. The van der Waals surface area contributed by atoms with Crippen molar-refractivity contribution in [1.82, 2.24) is 10.6 Å². The quantitative estimate of drug-likeness (QED) is 0.344. The standard InChI is InChI=1S/C11H18N4O3/c1-17-6-4-13-11(12)15-8-10(16)14-7-9-3-2-5-18-9/h2-3,5H,4,6-8H2,1H3,(H,14,16)(H3,12,13,15). The van der Waals surface area contributed by atoms with Crippen LogP contribution in [0.5, 0.6) is 0 Å². The van der Waals surface area contributed by atoms with Crippen molar-refractivity contribution in [2.45, 2.75) is 6.54 Å². The monoisotopic (exact) mass is 254 g/mol. The Hall–Kier alpha value is -2.02. The van der Waals surface area contributed by atoms with Gasteiger partial charge in [-0.05, 0) is 12.1 Å². The van der Waals surface area contributed by atoms with Crippen LogP contribution in [-0.2, 0) is 16.1 Å². The molecule has 0 atom stereocenters. The van der Waals surface area contributed by atoms with E-state index >= 15 is 0 Å². The fourth-order valence-electron chi connectivity index (χ4n) is 1.15. The van der Waals surface area contributed by atoms with E-state index in [1.54, 1.807) is 25.5 Å². The second-order valence-corrected chi connectivity index (χ2v) is 3.48. The molecule has 0 aliphatic carbocycles. The lowest BCUT2D eigenvalue weighted by Gasteiger charge is -2.04. The van der Waals surface area contributed by atoms with Gasteiger partial charge < -0.3 is 25.5 Å².